The Morgan fingerprint density at radius 3 is 2.94 bits per heavy atom. The number of methoxy groups -OCH3 is 1. The fourth-order valence-corrected chi connectivity index (χ4v) is 1.51. The number of hydrogen-bond acceptors (Lipinski definition) is 4. The molecule has 6 nitrogen and oxygen atoms in total. The van der Waals surface area contributed by atoms with Crippen LogP contribution in [0.2, 0.25) is 5.02 Å². The number of ether oxygens (including phenoxy) is 1. The van der Waals surface area contributed by atoms with Gasteiger partial charge in [-0.25, -0.2) is 0 Å². The normalized spacial score (nSPS) is 10.0. The highest BCUT2D eigenvalue weighted by Crippen LogP contribution is 2.27. The molecule has 0 bridgehead atoms. The van der Waals surface area contributed by atoms with Gasteiger partial charge in [0.1, 0.15) is 5.75 Å². The highest BCUT2D eigenvalue weighted by Gasteiger charge is 2.09. The van der Waals surface area contributed by atoms with Gasteiger partial charge in [0.05, 0.1) is 18.3 Å². The summed E-state index contributed by atoms with van der Waals surface area (Å²) in [5, 5.41) is 12.6. The summed E-state index contributed by atoms with van der Waals surface area (Å²) in [5.41, 5.74) is 0.765. The van der Waals surface area contributed by atoms with Gasteiger partial charge >= 0.3 is 0 Å². The van der Waals surface area contributed by atoms with Crippen LogP contribution in [0, 0.1) is 0 Å². The molecule has 2 aromatic rings. The van der Waals surface area contributed by atoms with Gasteiger partial charge in [-0.3, -0.25) is 4.79 Å². The summed E-state index contributed by atoms with van der Waals surface area (Å²) in [6.45, 7) is 0. The minimum atomic E-state index is -0.361. The van der Waals surface area contributed by atoms with E-state index in [1.54, 1.807) is 18.2 Å². The second kappa shape index (κ2) is 4.84. The monoisotopic (exact) mass is 252 g/mol. The summed E-state index contributed by atoms with van der Waals surface area (Å²) in [4.78, 5) is 11.6. The highest BCUT2D eigenvalue weighted by molar-refractivity contribution is 6.32. The summed E-state index contributed by atoms with van der Waals surface area (Å²) < 4.78 is 5.01. The number of rotatable bonds is 3. The second-order valence-electron chi connectivity index (χ2n) is 3.16. The van der Waals surface area contributed by atoms with Gasteiger partial charge in [0.15, 0.2) is 5.69 Å². The number of aromatic amines is 1. The first kappa shape index (κ1) is 11.4. The predicted molar refractivity (Wildman–Crippen MR) is 62.3 cm³/mol. The van der Waals surface area contributed by atoms with Crippen LogP contribution in [-0.2, 0) is 0 Å². The summed E-state index contributed by atoms with van der Waals surface area (Å²) in [6, 6.07) is 4.95. The predicted octanol–water partition coefficient (Wildman–Crippen LogP) is 1.72. The van der Waals surface area contributed by atoms with Crippen LogP contribution in [0.3, 0.4) is 0 Å². The number of carbonyl (C=O) groups excluding carboxylic acids is 1. The maximum atomic E-state index is 11.6. The molecular formula is C10H9ClN4O2. The Morgan fingerprint density at radius 1 is 1.53 bits per heavy atom. The van der Waals surface area contributed by atoms with Crippen molar-refractivity contribution in [1.82, 2.24) is 15.4 Å². The molecule has 88 valence electrons. The molecule has 0 aliphatic heterocycles. The molecule has 0 atom stereocenters. The molecule has 0 aliphatic carbocycles. The number of carbonyl (C=O) groups is 1. The molecule has 1 heterocycles. The van der Waals surface area contributed by atoms with Crippen LogP contribution in [0.15, 0.2) is 24.4 Å². The van der Waals surface area contributed by atoms with E-state index in [-0.39, 0.29) is 11.6 Å². The van der Waals surface area contributed by atoms with E-state index < -0.39 is 0 Å². The SMILES string of the molecule is COc1ccc(NC(=O)c2cn[nH]n2)cc1Cl. The number of benzene rings is 1. The lowest BCUT2D eigenvalue weighted by atomic mass is 10.3. The maximum Gasteiger partial charge on any atom is 0.277 e. The summed E-state index contributed by atoms with van der Waals surface area (Å²) in [6.07, 6.45) is 1.33. The van der Waals surface area contributed by atoms with Crippen LogP contribution in [0.1, 0.15) is 10.5 Å². The maximum absolute atomic E-state index is 11.6. The minimum Gasteiger partial charge on any atom is -0.495 e. The molecule has 17 heavy (non-hydrogen) atoms. The van der Waals surface area contributed by atoms with Gasteiger partial charge < -0.3 is 10.1 Å². The molecule has 0 fully saturated rings. The number of anilines is 1. The zero-order chi connectivity index (χ0) is 12.3. The van der Waals surface area contributed by atoms with Crippen molar-refractivity contribution in [3.8, 4) is 5.75 Å². The van der Waals surface area contributed by atoms with Crippen LogP contribution in [0.5, 0.6) is 5.75 Å². The van der Waals surface area contributed by atoms with Crippen molar-refractivity contribution >= 4 is 23.2 Å². The molecule has 1 aromatic carbocycles. The van der Waals surface area contributed by atoms with Crippen LogP contribution in [-0.4, -0.2) is 28.4 Å². The van der Waals surface area contributed by atoms with E-state index in [9.17, 15) is 4.79 Å². The first-order valence-electron chi connectivity index (χ1n) is 4.71. The smallest absolute Gasteiger partial charge is 0.277 e. The number of nitrogens with one attached hydrogen (secondary N) is 2. The van der Waals surface area contributed by atoms with Gasteiger partial charge in [-0.05, 0) is 18.2 Å². The third-order valence-electron chi connectivity index (χ3n) is 2.06. The Balaban J connectivity index is 2.14. The molecule has 0 saturated heterocycles. The molecule has 7 heteroatoms. The number of halogens is 1. The lowest BCUT2D eigenvalue weighted by Gasteiger charge is -2.06. The molecule has 0 spiro atoms. The number of amides is 1. The number of aromatic nitrogens is 3. The van der Waals surface area contributed by atoms with E-state index in [0.29, 0.717) is 16.5 Å². The van der Waals surface area contributed by atoms with E-state index in [1.165, 1.54) is 13.3 Å². The molecule has 0 radical (unpaired) electrons. The van der Waals surface area contributed by atoms with E-state index in [1.807, 2.05) is 0 Å². The highest BCUT2D eigenvalue weighted by atomic mass is 35.5. The van der Waals surface area contributed by atoms with E-state index >= 15 is 0 Å². The van der Waals surface area contributed by atoms with Gasteiger partial charge in [-0.15, -0.1) is 0 Å². The van der Waals surface area contributed by atoms with Crippen LogP contribution in [0.25, 0.3) is 0 Å². The topological polar surface area (TPSA) is 79.9 Å². The molecule has 2 rings (SSSR count). The Labute approximate surface area is 102 Å². The number of H-pyrrole nitrogens is 1. The second-order valence-corrected chi connectivity index (χ2v) is 3.57. The van der Waals surface area contributed by atoms with E-state index in [4.69, 9.17) is 16.3 Å². The Kier molecular flexibility index (Phi) is 3.24. The molecule has 0 unspecified atom stereocenters. The van der Waals surface area contributed by atoms with Crippen molar-refractivity contribution in [3.05, 3.63) is 35.1 Å². The third kappa shape index (κ3) is 2.54. The van der Waals surface area contributed by atoms with Crippen molar-refractivity contribution in [2.45, 2.75) is 0 Å². The van der Waals surface area contributed by atoms with Gasteiger partial charge in [0.25, 0.3) is 5.91 Å². The quantitative estimate of drug-likeness (QED) is 0.872. The Hall–Kier alpha value is -2.08. The molecule has 1 amide bonds. The van der Waals surface area contributed by atoms with Gasteiger partial charge in [0.2, 0.25) is 0 Å². The Morgan fingerprint density at radius 2 is 2.35 bits per heavy atom. The van der Waals surface area contributed by atoms with Gasteiger partial charge in [-0.1, -0.05) is 11.6 Å². The number of hydrogen-bond donors (Lipinski definition) is 2. The van der Waals surface area contributed by atoms with Crippen molar-refractivity contribution in [2.24, 2.45) is 0 Å². The third-order valence-corrected chi connectivity index (χ3v) is 2.35. The zero-order valence-electron chi connectivity index (χ0n) is 8.90. The molecule has 0 saturated carbocycles. The summed E-state index contributed by atoms with van der Waals surface area (Å²) in [5.74, 6) is 0.186. The molecular weight excluding hydrogens is 244 g/mol. The van der Waals surface area contributed by atoms with E-state index in [2.05, 4.69) is 20.7 Å². The average molecular weight is 253 g/mol. The molecule has 0 aliphatic rings. The van der Waals surface area contributed by atoms with Gasteiger partial charge in [-0.2, -0.15) is 15.4 Å². The van der Waals surface area contributed by atoms with Crippen molar-refractivity contribution in [1.29, 1.82) is 0 Å². The first-order chi connectivity index (χ1) is 8.20. The van der Waals surface area contributed by atoms with Crippen molar-refractivity contribution in [2.75, 3.05) is 12.4 Å². The Bertz CT molecular complexity index is 527. The van der Waals surface area contributed by atoms with E-state index in [0.717, 1.165) is 0 Å². The van der Waals surface area contributed by atoms with Crippen LogP contribution >= 0.6 is 11.6 Å². The minimum absolute atomic E-state index is 0.206. The molecule has 2 N–H and O–H groups in total. The largest absolute Gasteiger partial charge is 0.495 e. The van der Waals surface area contributed by atoms with Crippen LogP contribution < -0.4 is 10.1 Å². The van der Waals surface area contributed by atoms with Crippen molar-refractivity contribution in [3.63, 3.8) is 0 Å². The average Bonchev–Trinajstić information content (AvgIpc) is 2.82. The number of nitrogens with zero attached hydrogens (tertiary/aromatic N) is 2. The zero-order valence-corrected chi connectivity index (χ0v) is 9.65. The lowest BCUT2D eigenvalue weighted by Crippen LogP contribution is -2.12. The fourth-order valence-electron chi connectivity index (χ4n) is 1.25. The van der Waals surface area contributed by atoms with Crippen LogP contribution in [0.4, 0.5) is 5.69 Å². The van der Waals surface area contributed by atoms with Crippen molar-refractivity contribution < 1.29 is 9.53 Å². The summed E-state index contributed by atoms with van der Waals surface area (Å²) in [7, 11) is 1.52. The summed E-state index contributed by atoms with van der Waals surface area (Å²) >= 11 is 5.93. The standard InChI is InChI=1S/C10H9ClN4O2/c1-17-9-3-2-6(4-7(9)11)13-10(16)8-5-12-15-14-8/h2-5H,1H3,(H,13,16)(H,12,14,15). The fraction of sp³-hybridized carbons (Fsp3) is 0.100. The van der Waals surface area contributed by atoms with Gasteiger partial charge in [0, 0.05) is 5.69 Å². The lowest BCUT2D eigenvalue weighted by molar-refractivity contribution is 0.102. The first-order valence-corrected chi connectivity index (χ1v) is 5.09. The molecule has 1 aromatic heterocycles.